The first kappa shape index (κ1) is 19.6. The summed E-state index contributed by atoms with van der Waals surface area (Å²) in [4.78, 5) is 17.1. The monoisotopic (exact) mass is 422 g/mol. The van der Waals surface area contributed by atoms with Crippen LogP contribution in [-0.4, -0.2) is 48.1 Å². The number of amides is 1. The minimum atomic E-state index is 0.178. The van der Waals surface area contributed by atoms with Gasteiger partial charge in [0.1, 0.15) is 0 Å². The highest BCUT2D eigenvalue weighted by Gasteiger charge is 2.26. The van der Waals surface area contributed by atoms with Gasteiger partial charge in [0.15, 0.2) is 0 Å². The Morgan fingerprint density at radius 2 is 1.93 bits per heavy atom. The molecule has 1 aromatic heterocycles. The van der Waals surface area contributed by atoms with Crippen LogP contribution in [0.4, 0.5) is 5.69 Å². The van der Waals surface area contributed by atoms with Gasteiger partial charge in [-0.15, -0.1) is 0 Å². The summed E-state index contributed by atoms with van der Waals surface area (Å²) in [6.07, 6.45) is 1.99. The molecule has 30 heavy (non-hydrogen) atoms. The van der Waals surface area contributed by atoms with Gasteiger partial charge in [0.05, 0.1) is 12.1 Å². The van der Waals surface area contributed by atoms with Crippen molar-refractivity contribution in [2.24, 2.45) is 7.05 Å². The van der Waals surface area contributed by atoms with E-state index in [1.54, 1.807) is 0 Å². The van der Waals surface area contributed by atoms with E-state index in [-0.39, 0.29) is 5.91 Å². The third-order valence-electron chi connectivity index (χ3n) is 6.50. The van der Waals surface area contributed by atoms with Gasteiger partial charge < -0.3 is 14.8 Å². The highest BCUT2D eigenvalue weighted by atomic mass is 35.5. The van der Waals surface area contributed by atoms with E-state index in [9.17, 15) is 4.79 Å². The molecule has 3 aromatic rings. The van der Waals surface area contributed by atoms with Gasteiger partial charge in [0.2, 0.25) is 5.91 Å². The van der Waals surface area contributed by atoms with Gasteiger partial charge in [-0.2, -0.15) is 0 Å². The molecule has 0 aliphatic carbocycles. The van der Waals surface area contributed by atoms with Gasteiger partial charge in [0.25, 0.3) is 0 Å². The maximum Gasteiger partial charge on any atom is 0.241 e. The van der Waals surface area contributed by atoms with Crippen LogP contribution in [0.15, 0.2) is 42.5 Å². The number of carbonyl (C=O) groups is 1. The Labute approximate surface area is 182 Å². The number of piperazine rings is 1. The summed E-state index contributed by atoms with van der Waals surface area (Å²) < 4.78 is 2.31. The number of nitrogens with zero attached hydrogens (tertiary/aromatic N) is 3. The zero-order chi connectivity index (χ0) is 20.7. The molecule has 2 aliphatic rings. The fraction of sp³-hybridized carbons (Fsp3) is 0.375. The maximum atomic E-state index is 12.9. The van der Waals surface area contributed by atoms with Crippen molar-refractivity contribution in [3.8, 4) is 0 Å². The van der Waals surface area contributed by atoms with Gasteiger partial charge in [-0.05, 0) is 41.8 Å². The Morgan fingerprint density at radius 1 is 1.10 bits per heavy atom. The molecular weight excluding hydrogens is 396 g/mol. The molecule has 1 saturated heterocycles. The molecule has 0 unspecified atom stereocenters. The van der Waals surface area contributed by atoms with Crippen molar-refractivity contribution < 1.29 is 4.79 Å². The zero-order valence-corrected chi connectivity index (χ0v) is 18.1. The van der Waals surface area contributed by atoms with E-state index in [2.05, 4.69) is 52.2 Å². The van der Waals surface area contributed by atoms with Gasteiger partial charge in [0, 0.05) is 68.0 Å². The SMILES string of the molecule is Cn1c2c(c3ccc(N4CCN(CCc5ccc(Cl)cc5)CC4=O)cc31)CNCC2. The molecule has 0 saturated carbocycles. The van der Waals surface area contributed by atoms with Gasteiger partial charge in [-0.25, -0.2) is 0 Å². The van der Waals surface area contributed by atoms with E-state index in [1.807, 2.05) is 17.0 Å². The predicted octanol–water partition coefficient (Wildman–Crippen LogP) is 3.37. The number of nitrogens with one attached hydrogen (secondary N) is 1. The van der Waals surface area contributed by atoms with E-state index in [1.165, 1.54) is 27.7 Å². The molecule has 156 valence electrons. The molecule has 1 amide bonds. The minimum Gasteiger partial charge on any atom is -0.347 e. The fourth-order valence-electron chi connectivity index (χ4n) is 4.78. The number of rotatable bonds is 4. The summed E-state index contributed by atoms with van der Waals surface area (Å²) in [5.41, 5.74) is 6.31. The topological polar surface area (TPSA) is 40.5 Å². The molecule has 0 radical (unpaired) electrons. The smallest absolute Gasteiger partial charge is 0.241 e. The molecular formula is C24H27ClN4O. The van der Waals surface area contributed by atoms with Crippen LogP contribution in [0.1, 0.15) is 16.8 Å². The van der Waals surface area contributed by atoms with E-state index in [4.69, 9.17) is 11.6 Å². The van der Waals surface area contributed by atoms with E-state index in [0.717, 1.165) is 56.3 Å². The van der Waals surface area contributed by atoms with E-state index in [0.29, 0.717) is 6.54 Å². The third kappa shape index (κ3) is 3.62. The molecule has 1 fully saturated rings. The number of aromatic nitrogens is 1. The number of carbonyl (C=O) groups excluding carboxylic acids is 1. The van der Waals surface area contributed by atoms with Crippen molar-refractivity contribution in [3.63, 3.8) is 0 Å². The van der Waals surface area contributed by atoms with Gasteiger partial charge in [-0.3, -0.25) is 9.69 Å². The standard InChI is InChI=1S/C24H27ClN4O/c1-27-22-8-10-26-15-21(22)20-7-6-19(14-23(20)27)29-13-12-28(16-24(29)30)11-9-17-2-4-18(25)5-3-17/h2-7,14,26H,8-13,15-16H2,1H3. The number of hydrogen-bond donors (Lipinski definition) is 1. The average Bonchev–Trinajstić information content (AvgIpc) is 3.05. The van der Waals surface area contributed by atoms with Crippen LogP contribution in [0.3, 0.4) is 0 Å². The normalized spacial score (nSPS) is 17.5. The Bertz CT molecular complexity index is 1090. The van der Waals surface area contributed by atoms with Crippen LogP contribution < -0.4 is 10.2 Å². The Balaban J connectivity index is 1.29. The van der Waals surface area contributed by atoms with Crippen LogP contribution in [0, 0.1) is 0 Å². The summed E-state index contributed by atoms with van der Waals surface area (Å²) in [6, 6.07) is 14.5. The summed E-state index contributed by atoms with van der Waals surface area (Å²) >= 11 is 5.96. The predicted molar refractivity (Wildman–Crippen MR) is 122 cm³/mol. The highest BCUT2D eigenvalue weighted by molar-refractivity contribution is 6.30. The third-order valence-corrected chi connectivity index (χ3v) is 6.75. The van der Waals surface area contributed by atoms with Crippen LogP contribution in [0.25, 0.3) is 10.9 Å². The molecule has 2 aromatic carbocycles. The summed E-state index contributed by atoms with van der Waals surface area (Å²) in [7, 11) is 2.15. The van der Waals surface area contributed by atoms with Crippen molar-refractivity contribution in [3.05, 3.63) is 64.3 Å². The summed E-state index contributed by atoms with van der Waals surface area (Å²) in [5, 5.41) is 5.54. The molecule has 3 heterocycles. The van der Waals surface area contributed by atoms with Gasteiger partial charge >= 0.3 is 0 Å². The highest BCUT2D eigenvalue weighted by Crippen LogP contribution is 2.31. The number of halogens is 1. The second-order valence-corrected chi connectivity index (χ2v) is 8.75. The van der Waals surface area contributed by atoms with Gasteiger partial charge in [-0.1, -0.05) is 29.8 Å². The largest absolute Gasteiger partial charge is 0.347 e. The Morgan fingerprint density at radius 3 is 2.73 bits per heavy atom. The molecule has 5 nitrogen and oxygen atoms in total. The van der Waals surface area contributed by atoms with E-state index < -0.39 is 0 Å². The lowest BCUT2D eigenvalue weighted by molar-refractivity contribution is -0.121. The van der Waals surface area contributed by atoms with Crippen molar-refractivity contribution in [2.45, 2.75) is 19.4 Å². The number of benzene rings is 2. The molecule has 6 heteroatoms. The number of aryl methyl sites for hydroxylation is 1. The number of fused-ring (bicyclic) bond motifs is 3. The van der Waals surface area contributed by atoms with Crippen LogP contribution in [0.2, 0.25) is 5.02 Å². The first-order chi connectivity index (χ1) is 14.6. The quantitative estimate of drug-likeness (QED) is 0.700. The zero-order valence-electron chi connectivity index (χ0n) is 17.3. The van der Waals surface area contributed by atoms with Crippen molar-refractivity contribution in [2.75, 3.05) is 37.6 Å². The number of hydrogen-bond acceptors (Lipinski definition) is 3. The Hall–Kier alpha value is -2.34. The van der Waals surface area contributed by atoms with Crippen molar-refractivity contribution in [1.82, 2.24) is 14.8 Å². The second kappa shape index (κ2) is 8.06. The molecule has 5 rings (SSSR count). The lowest BCUT2D eigenvalue weighted by Crippen LogP contribution is -2.50. The van der Waals surface area contributed by atoms with Crippen LogP contribution in [-0.2, 0) is 31.2 Å². The second-order valence-electron chi connectivity index (χ2n) is 8.31. The molecule has 0 spiro atoms. The minimum absolute atomic E-state index is 0.178. The maximum absolute atomic E-state index is 12.9. The Kier molecular flexibility index (Phi) is 5.27. The first-order valence-corrected chi connectivity index (χ1v) is 11.1. The fourth-order valence-corrected chi connectivity index (χ4v) is 4.91. The molecule has 0 atom stereocenters. The lowest BCUT2D eigenvalue weighted by Gasteiger charge is -2.34. The average molecular weight is 423 g/mol. The van der Waals surface area contributed by atoms with Crippen LogP contribution >= 0.6 is 11.6 Å². The lowest BCUT2D eigenvalue weighted by atomic mass is 10.1. The van der Waals surface area contributed by atoms with Crippen LogP contribution in [0.5, 0.6) is 0 Å². The molecule has 1 N–H and O–H groups in total. The number of anilines is 1. The van der Waals surface area contributed by atoms with Crippen molar-refractivity contribution in [1.29, 1.82) is 0 Å². The van der Waals surface area contributed by atoms with E-state index >= 15 is 0 Å². The first-order valence-electron chi connectivity index (χ1n) is 10.7. The summed E-state index contributed by atoms with van der Waals surface area (Å²) in [6.45, 7) is 4.94. The molecule has 2 aliphatic heterocycles. The molecule has 0 bridgehead atoms. The summed E-state index contributed by atoms with van der Waals surface area (Å²) in [5.74, 6) is 0.178. The van der Waals surface area contributed by atoms with Crippen molar-refractivity contribution >= 4 is 34.1 Å².